The molecule has 1 aromatic rings. The van der Waals surface area contributed by atoms with E-state index in [4.69, 9.17) is 0 Å². The van der Waals surface area contributed by atoms with Crippen molar-refractivity contribution in [1.82, 2.24) is 5.32 Å². The summed E-state index contributed by atoms with van der Waals surface area (Å²) in [6, 6.07) is 6.36. The summed E-state index contributed by atoms with van der Waals surface area (Å²) >= 11 is 0. The molecular formula is C15H21NO3S. The van der Waals surface area contributed by atoms with Crippen molar-refractivity contribution in [1.29, 1.82) is 0 Å². The van der Waals surface area contributed by atoms with Gasteiger partial charge in [0.15, 0.2) is 9.84 Å². The second-order valence-electron chi connectivity index (χ2n) is 6.38. The highest BCUT2D eigenvalue weighted by Gasteiger charge is 2.31. The van der Waals surface area contributed by atoms with Crippen LogP contribution in [-0.4, -0.2) is 26.6 Å². The minimum Gasteiger partial charge on any atom is -0.349 e. The van der Waals surface area contributed by atoms with Gasteiger partial charge in [-0.05, 0) is 42.9 Å². The van der Waals surface area contributed by atoms with E-state index in [1.54, 1.807) is 12.1 Å². The van der Waals surface area contributed by atoms with Gasteiger partial charge in [-0.2, -0.15) is 0 Å². The highest BCUT2D eigenvalue weighted by Crippen LogP contribution is 2.36. The van der Waals surface area contributed by atoms with E-state index >= 15 is 0 Å². The monoisotopic (exact) mass is 295 g/mol. The summed E-state index contributed by atoms with van der Waals surface area (Å²) in [5.74, 6) is -0.196. The molecule has 1 saturated carbocycles. The van der Waals surface area contributed by atoms with Gasteiger partial charge in [0.05, 0.1) is 4.90 Å². The predicted octanol–water partition coefficient (Wildman–Crippen LogP) is 2.40. The topological polar surface area (TPSA) is 63.2 Å². The summed E-state index contributed by atoms with van der Waals surface area (Å²) < 4.78 is 23.0. The second-order valence-corrected chi connectivity index (χ2v) is 8.39. The van der Waals surface area contributed by atoms with Crippen LogP contribution >= 0.6 is 0 Å². The van der Waals surface area contributed by atoms with Crippen molar-refractivity contribution < 1.29 is 13.2 Å². The van der Waals surface area contributed by atoms with Crippen LogP contribution in [0.25, 0.3) is 0 Å². The molecule has 1 aliphatic carbocycles. The Hall–Kier alpha value is -1.36. The van der Waals surface area contributed by atoms with E-state index in [1.165, 1.54) is 12.1 Å². The summed E-state index contributed by atoms with van der Waals surface area (Å²) in [4.78, 5) is 12.4. The predicted molar refractivity (Wildman–Crippen MR) is 78.4 cm³/mol. The van der Waals surface area contributed by atoms with Crippen LogP contribution in [0.3, 0.4) is 0 Å². The Morgan fingerprint density at radius 3 is 2.60 bits per heavy atom. The lowest BCUT2D eigenvalue weighted by Gasteiger charge is -2.18. The number of hydrogen-bond donors (Lipinski definition) is 1. The van der Waals surface area contributed by atoms with E-state index in [0.717, 1.165) is 25.5 Å². The Balaban J connectivity index is 2.11. The molecule has 110 valence electrons. The summed E-state index contributed by atoms with van der Waals surface area (Å²) in [6.45, 7) is 4.40. The van der Waals surface area contributed by atoms with Crippen LogP contribution in [0.2, 0.25) is 0 Å². The van der Waals surface area contributed by atoms with Gasteiger partial charge in [-0.3, -0.25) is 4.79 Å². The molecule has 0 heterocycles. The van der Waals surface area contributed by atoms with Crippen molar-refractivity contribution in [3.63, 3.8) is 0 Å². The average Bonchev–Trinajstić information content (AvgIpc) is 2.68. The lowest BCUT2D eigenvalue weighted by atomic mass is 9.92. The van der Waals surface area contributed by atoms with Gasteiger partial charge in [-0.15, -0.1) is 0 Å². The van der Waals surface area contributed by atoms with Crippen molar-refractivity contribution in [2.24, 2.45) is 5.41 Å². The first-order valence-electron chi connectivity index (χ1n) is 6.78. The fraction of sp³-hybridized carbons (Fsp3) is 0.533. The van der Waals surface area contributed by atoms with Gasteiger partial charge in [0.1, 0.15) is 0 Å². The number of nitrogens with one attached hydrogen (secondary N) is 1. The largest absolute Gasteiger partial charge is 0.349 e. The Bertz CT molecular complexity index is 620. The molecule has 0 aromatic heterocycles. The van der Waals surface area contributed by atoms with Crippen LogP contribution in [0.5, 0.6) is 0 Å². The second kappa shape index (κ2) is 5.20. The van der Waals surface area contributed by atoms with Gasteiger partial charge in [0.25, 0.3) is 5.91 Å². The number of carbonyl (C=O) groups excluding carboxylic acids is 1. The van der Waals surface area contributed by atoms with Crippen molar-refractivity contribution in [3.8, 4) is 0 Å². The average molecular weight is 295 g/mol. The lowest BCUT2D eigenvalue weighted by Crippen LogP contribution is -2.33. The molecule has 1 aromatic carbocycles. The number of benzene rings is 1. The third-order valence-corrected chi connectivity index (χ3v) is 4.94. The van der Waals surface area contributed by atoms with Crippen molar-refractivity contribution in [2.75, 3.05) is 6.26 Å². The fourth-order valence-electron chi connectivity index (χ4n) is 2.70. The molecule has 4 nitrogen and oxygen atoms in total. The van der Waals surface area contributed by atoms with Gasteiger partial charge in [-0.25, -0.2) is 8.42 Å². The Kier molecular flexibility index (Phi) is 3.91. The maximum atomic E-state index is 12.2. The third kappa shape index (κ3) is 3.60. The number of amides is 1. The molecule has 0 saturated heterocycles. The van der Waals surface area contributed by atoms with E-state index in [1.807, 2.05) is 0 Å². The molecular weight excluding hydrogens is 274 g/mol. The van der Waals surface area contributed by atoms with Crippen LogP contribution in [0.4, 0.5) is 0 Å². The Morgan fingerprint density at radius 2 is 2.05 bits per heavy atom. The number of rotatable bonds is 3. The molecule has 20 heavy (non-hydrogen) atoms. The molecule has 1 amide bonds. The van der Waals surface area contributed by atoms with Crippen LogP contribution in [0.1, 0.15) is 43.5 Å². The minimum absolute atomic E-state index is 0.178. The molecule has 1 atom stereocenters. The molecule has 1 unspecified atom stereocenters. The quantitative estimate of drug-likeness (QED) is 0.931. The molecule has 1 fully saturated rings. The van der Waals surface area contributed by atoms with E-state index < -0.39 is 9.84 Å². The summed E-state index contributed by atoms with van der Waals surface area (Å²) in [7, 11) is -3.28. The van der Waals surface area contributed by atoms with Crippen molar-refractivity contribution in [2.45, 2.75) is 44.0 Å². The van der Waals surface area contributed by atoms with Crippen LogP contribution < -0.4 is 5.32 Å². The van der Waals surface area contributed by atoms with E-state index in [0.29, 0.717) is 5.56 Å². The van der Waals surface area contributed by atoms with Gasteiger partial charge < -0.3 is 5.32 Å². The first-order valence-corrected chi connectivity index (χ1v) is 8.67. The van der Waals surface area contributed by atoms with E-state index in [-0.39, 0.29) is 22.3 Å². The zero-order valence-corrected chi connectivity index (χ0v) is 13.0. The normalized spacial score (nSPS) is 21.6. The molecule has 5 heteroatoms. The maximum Gasteiger partial charge on any atom is 0.251 e. The smallest absolute Gasteiger partial charge is 0.251 e. The first-order chi connectivity index (χ1) is 9.17. The molecule has 0 bridgehead atoms. The van der Waals surface area contributed by atoms with Crippen molar-refractivity contribution >= 4 is 15.7 Å². The zero-order valence-electron chi connectivity index (χ0n) is 12.1. The van der Waals surface area contributed by atoms with Gasteiger partial charge in [0.2, 0.25) is 0 Å². The zero-order chi connectivity index (χ0) is 15.0. The number of carbonyl (C=O) groups is 1. The number of hydrogen-bond acceptors (Lipinski definition) is 3. The summed E-state index contributed by atoms with van der Waals surface area (Å²) in [5, 5.41) is 3.00. The SMILES string of the molecule is CC1(C)CCC(NC(=O)c2cccc(S(C)(=O)=O)c2)C1. The van der Waals surface area contributed by atoms with E-state index in [9.17, 15) is 13.2 Å². The standard InChI is InChI=1S/C15H21NO3S/c1-15(2)8-7-12(10-15)16-14(17)11-5-4-6-13(9-11)20(3,18)19/h4-6,9,12H,7-8,10H2,1-3H3,(H,16,17). The first kappa shape index (κ1) is 15.0. The summed E-state index contributed by atoms with van der Waals surface area (Å²) in [6.07, 6.45) is 4.18. The molecule has 1 aliphatic rings. The van der Waals surface area contributed by atoms with Gasteiger partial charge >= 0.3 is 0 Å². The van der Waals surface area contributed by atoms with Gasteiger partial charge in [0, 0.05) is 17.9 Å². The summed E-state index contributed by atoms with van der Waals surface area (Å²) in [5.41, 5.74) is 0.671. The molecule has 0 radical (unpaired) electrons. The van der Waals surface area contributed by atoms with Gasteiger partial charge in [-0.1, -0.05) is 19.9 Å². The maximum absolute atomic E-state index is 12.2. The molecule has 0 aliphatic heterocycles. The molecule has 2 rings (SSSR count). The molecule has 0 spiro atoms. The van der Waals surface area contributed by atoms with Crippen LogP contribution in [0, 0.1) is 5.41 Å². The molecule has 1 N–H and O–H groups in total. The minimum atomic E-state index is -3.28. The van der Waals surface area contributed by atoms with Crippen molar-refractivity contribution in [3.05, 3.63) is 29.8 Å². The highest BCUT2D eigenvalue weighted by atomic mass is 32.2. The Labute approximate surface area is 120 Å². The lowest BCUT2D eigenvalue weighted by molar-refractivity contribution is 0.0936. The Morgan fingerprint density at radius 1 is 1.35 bits per heavy atom. The van der Waals surface area contributed by atoms with Crippen LogP contribution in [-0.2, 0) is 9.84 Å². The third-order valence-electron chi connectivity index (χ3n) is 3.83. The highest BCUT2D eigenvalue weighted by molar-refractivity contribution is 7.90. The number of sulfone groups is 1. The fourth-order valence-corrected chi connectivity index (χ4v) is 3.36. The van der Waals surface area contributed by atoms with E-state index in [2.05, 4.69) is 19.2 Å². The van der Waals surface area contributed by atoms with Crippen LogP contribution in [0.15, 0.2) is 29.2 Å².